The number of nitrogens with zero attached hydrogens (tertiary/aromatic N) is 3. The van der Waals surface area contributed by atoms with Crippen LogP contribution in [0.15, 0.2) is 35.4 Å². The Labute approximate surface area is 129 Å². The number of hydrogen-bond donors (Lipinski definition) is 0. The first-order valence-corrected chi connectivity index (χ1v) is 7.86. The molecule has 2 aromatic heterocycles. The molecule has 0 radical (unpaired) electrons. The Morgan fingerprint density at radius 3 is 2.86 bits per heavy atom. The van der Waals surface area contributed by atoms with Crippen LogP contribution in [-0.2, 0) is 11.3 Å². The van der Waals surface area contributed by atoms with E-state index < -0.39 is 0 Å². The maximum Gasteiger partial charge on any atom is 0.260 e. The Bertz CT molecular complexity index is 732. The van der Waals surface area contributed by atoms with E-state index in [4.69, 9.17) is 0 Å². The van der Waals surface area contributed by atoms with E-state index >= 15 is 0 Å². The van der Waals surface area contributed by atoms with Gasteiger partial charge in [0.15, 0.2) is 0 Å². The summed E-state index contributed by atoms with van der Waals surface area (Å²) in [5, 5.41) is 0.554. The maximum absolute atomic E-state index is 12.5. The van der Waals surface area contributed by atoms with E-state index in [1.54, 1.807) is 30.6 Å². The summed E-state index contributed by atoms with van der Waals surface area (Å²) in [6.07, 6.45) is 9.08. The molecule has 0 aliphatic heterocycles. The SMILES string of the molecule is CN(C(=O)Cn1ccc2ncccc2c1=O)C1CCCCC1. The van der Waals surface area contributed by atoms with E-state index in [1.165, 1.54) is 23.8 Å². The van der Waals surface area contributed by atoms with Crippen LogP contribution in [0.2, 0.25) is 0 Å². The van der Waals surface area contributed by atoms with Crippen molar-refractivity contribution >= 4 is 16.8 Å². The fourth-order valence-electron chi connectivity index (χ4n) is 3.17. The standard InChI is InChI=1S/C17H21N3O2/c1-19(13-6-3-2-4-7-13)16(21)12-20-11-9-15-14(17(20)22)8-5-10-18-15/h5,8-11,13H,2-4,6-7,12H2,1H3. The lowest BCUT2D eigenvalue weighted by Gasteiger charge is -2.31. The molecule has 5 heteroatoms. The highest BCUT2D eigenvalue weighted by molar-refractivity contribution is 5.79. The van der Waals surface area contributed by atoms with Crippen LogP contribution < -0.4 is 5.56 Å². The number of amides is 1. The minimum atomic E-state index is -0.156. The van der Waals surface area contributed by atoms with Crippen molar-refractivity contribution in [1.82, 2.24) is 14.5 Å². The Morgan fingerprint density at radius 1 is 1.32 bits per heavy atom. The van der Waals surface area contributed by atoms with E-state index in [9.17, 15) is 9.59 Å². The normalized spacial score (nSPS) is 15.9. The van der Waals surface area contributed by atoms with Gasteiger partial charge in [0.2, 0.25) is 5.91 Å². The summed E-state index contributed by atoms with van der Waals surface area (Å²) in [6.45, 7) is 0.0939. The van der Waals surface area contributed by atoms with Gasteiger partial charge in [0.05, 0.1) is 10.9 Å². The molecule has 22 heavy (non-hydrogen) atoms. The zero-order valence-corrected chi connectivity index (χ0v) is 12.9. The van der Waals surface area contributed by atoms with Crippen molar-refractivity contribution in [3.05, 3.63) is 40.9 Å². The summed E-state index contributed by atoms with van der Waals surface area (Å²) in [5.41, 5.74) is 0.507. The van der Waals surface area contributed by atoms with Gasteiger partial charge in [-0.3, -0.25) is 14.6 Å². The number of carbonyl (C=O) groups excluding carboxylic acids is 1. The summed E-state index contributed by atoms with van der Waals surface area (Å²) in [6, 6.07) is 5.59. The van der Waals surface area contributed by atoms with E-state index in [0.29, 0.717) is 16.9 Å². The largest absolute Gasteiger partial charge is 0.341 e. The van der Waals surface area contributed by atoms with E-state index in [0.717, 1.165) is 12.8 Å². The van der Waals surface area contributed by atoms with Gasteiger partial charge in [-0.2, -0.15) is 0 Å². The van der Waals surface area contributed by atoms with Crippen molar-refractivity contribution in [1.29, 1.82) is 0 Å². The van der Waals surface area contributed by atoms with Crippen molar-refractivity contribution in [3.63, 3.8) is 0 Å². The van der Waals surface area contributed by atoms with Crippen LogP contribution in [0.5, 0.6) is 0 Å². The lowest BCUT2D eigenvalue weighted by atomic mass is 9.94. The van der Waals surface area contributed by atoms with E-state index in [2.05, 4.69) is 4.98 Å². The second-order valence-corrected chi connectivity index (χ2v) is 5.98. The number of aromatic nitrogens is 2. The number of fused-ring (bicyclic) bond motifs is 1. The first kappa shape index (κ1) is 14.8. The van der Waals surface area contributed by atoms with Crippen molar-refractivity contribution in [2.75, 3.05) is 7.05 Å². The van der Waals surface area contributed by atoms with Gasteiger partial charge < -0.3 is 9.47 Å². The number of hydrogen-bond acceptors (Lipinski definition) is 3. The minimum absolute atomic E-state index is 0.00256. The number of likely N-dealkylation sites (N-methyl/N-ethyl adjacent to an activating group) is 1. The van der Waals surface area contributed by atoms with Gasteiger partial charge in [-0.25, -0.2) is 0 Å². The van der Waals surface area contributed by atoms with Gasteiger partial charge in [0.25, 0.3) is 5.56 Å². The zero-order chi connectivity index (χ0) is 15.5. The smallest absolute Gasteiger partial charge is 0.260 e. The lowest BCUT2D eigenvalue weighted by Crippen LogP contribution is -2.41. The zero-order valence-electron chi connectivity index (χ0n) is 12.9. The van der Waals surface area contributed by atoms with E-state index in [-0.39, 0.29) is 18.0 Å². The molecule has 1 fully saturated rings. The Hall–Kier alpha value is -2.17. The molecular formula is C17H21N3O2. The molecule has 1 aliphatic carbocycles. The van der Waals surface area contributed by atoms with Crippen LogP contribution >= 0.6 is 0 Å². The Balaban J connectivity index is 1.79. The minimum Gasteiger partial charge on any atom is -0.341 e. The molecule has 0 atom stereocenters. The third-order valence-corrected chi connectivity index (χ3v) is 4.56. The highest BCUT2D eigenvalue weighted by atomic mass is 16.2. The van der Waals surface area contributed by atoms with Crippen LogP contribution in [0.25, 0.3) is 10.9 Å². The summed E-state index contributed by atoms with van der Waals surface area (Å²) >= 11 is 0. The van der Waals surface area contributed by atoms with Gasteiger partial charge in [0, 0.05) is 25.5 Å². The second kappa shape index (κ2) is 6.30. The van der Waals surface area contributed by atoms with Crippen molar-refractivity contribution in [3.8, 4) is 0 Å². The van der Waals surface area contributed by atoms with E-state index in [1.807, 2.05) is 11.9 Å². The van der Waals surface area contributed by atoms with Crippen molar-refractivity contribution < 1.29 is 4.79 Å². The first-order valence-electron chi connectivity index (χ1n) is 7.86. The van der Waals surface area contributed by atoms with Crippen molar-refractivity contribution in [2.45, 2.75) is 44.7 Å². The van der Waals surface area contributed by atoms with Crippen LogP contribution in [0.3, 0.4) is 0 Å². The summed E-state index contributed by atoms with van der Waals surface area (Å²) in [4.78, 5) is 30.8. The average molecular weight is 299 g/mol. The highest BCUT2D eigenvalue weighted by Gasteiger charge is 2.22. The molecule has 1 aliphatic rings. The molecule has 0 spiro atoms. The fraction of sp³-hybridized carbons (Fsp3) is 0.471. The first-order chi connectivity index (χ1) is 10.7. The van der Waals surface area contributed by atoms with Crippen LogP contribution in [-0.4, -0.2) is 33.4 Å². The predicted molar refractivity (Wildman–Crippen MR) is 85.6 cm³/mol. The van der Waals surface area contributed by atoms with Gasteiger partial charge in [-0.1, -0.05) is 19.3 Å². The Kier molecular flexibility index (Phi) is 4.22. The molecule has 0 bridgehead atoms. The summed E-state index contributed by atoms with van der Waals surface area (Å²) in [7, 11) is 1.85. The second-order valence-electron chi connectivity index (χ2n) is 5.98. The van der Waals surface area contributed by atoms with Crippen LogP contribution in [0.1, 0.15) is 32.1 Å². The highest BCUT2D eigenvalue weighted by Crippen LogP contribution is 2.21. The fourth-order valence-corrected chi connectivity index (χ4v) is 3.17. The molecule has 5 nitrogen and oxygen atoms in total. The molecule has 0 aromatic carbocycles. The van der Waals surface area contributed by atoms with Gasteiger partial charge in [-0.05, 0) is 31.0 Å². The molecule has 0 unspecified atom stereocenters. The molecule has 0 N–H and O–H groups in total. The monoisotopic (exact) mass is 299 g/mol. The molecule has 2 heterocycles. The van der Waals surface area contributed by atoms with Crippen molar-refractivity contribution in [2.24, 2.45) is 0 Å². The lowest BCUT2D eigenvalue weighted by molar-refractivity contribution is -0.133. The number of rotatable bonds is 3. The average Bonchev–Trinajstić information content (AvgIpc) is 2.57. The topological polar surface area (TPSA) is 55.2 Å². The Morgan fingerprint density at radius 2 is 2.09 bits per heavy atom. The van der Waals surface area contributed by atoms with Crippen LogP contribution in [0.4, 0.5) is 0 Å². The third kappa shape index (κ3) is 2.89. The van der Waals surface area contributed by atoms with Gasteiger partial charge in [-0.15, -0.1) is 0 Å². The summed E-state index contributed by atoms with van der Waals surface area (Å²) < 4.78 is 1.48. The predicted octanol–water partition coefficient (Wildman–Crippen LogP) is 2.19. The molecule has 2 aromatic rings. The number of pyridine rings is 2. The molecular weight excluding hydrogens is 278 g/mol. The molecule has 3 rings (SSSR count). The quantitative estimate of drug-likeness (QED) is 0.873. The number of carbonyl (C=O) groups is 1. The molecule has 1 amide bonds. The molecule has 116 valence electrons. The molecule has 1 saturated carbocycles. The van der Waals surface area contributed by atoms with Crippen LogP contribution in [0, 0.1) is 0 Å². The maximum atomic E-state index is 12.5. The summed E-state index contributed by atoms with van der Waals surface area (Å²) in [5.74, 6) is -0.00256. The molecule has 0 saturated heterocycles. The van der Waals surface area contributed by atoms with Gasteiger partial charge in [0.1, 0.15) is 6.54 Å². The van der Waals surface area contributed by atoms with Gasteiger partial charge >= 0.3 is 0 Å². The third-order valence-electron chi connectivity index (χ3n) is 4.56.